The van der Waals surface area contributed by atoms with Gasteiger partial charge in [-0.3, -0.25) is 13.7 Å². The number of anilines is 2. The largest absolute Gasteiger partial charge is 0.343 e. The minimum absolute atomic E-state index is 0.0323. The van der Waals surface area contributed by atoms with Gasteiger partial charge in [0.15, 0.2) is 5.56 Å². The molecule has 2 fully saturated rings. The summed E-state index contributed by atoms with van der Waals surface area (Å²) in [6.45, 7) is 0. The topological polar surface area (TPSA) is 108 Å². The van der Waals surface area contributed by atoms with Crippen molar-refractivity contribution < 1.29 is 8.42 Å². The smallest absolute Gasteiger partial charge is 0.281 e. The van der Waals surface area contributed by atoms with Crippen LogP contribution in [-0.2, 0) is 10.0 Å². The number of sulfonamides is 1. The molecule has 2 aromatic heterocycles. The van der Waals surface area contributed by atoms with Crippen molar-refractivity contribution in [2.75, 3.05) is 11.6 Å². The third-order valence-electron chi connectivity index (χ3n) is 6.27. The molecule has 2 unspecified atom stereocenters. The number of aromatic nitrogens is 2. The van der Waals surface area contributed by atoms with Crippen molar-refractivity contribution in [2.24, 2.45) is 0 Å². The lowest BCUT2D eigenvalue weighted by Crippen LogP contribution is -2.47. The van der Waals surface area contributed by atoms with Crippen LogP contribution in [0.4, 0.5) is 10.7 Å². The van der Waals surface area contributed by atoms with Crippen molar-refractivity contribution in [1.29, 1.82) is 5.26 Å². The van der Waals surface area contributed by atoms with Gasteiger partial charge in [0.25, 0.3) is 5.56 Å². The highest BCUT2D eigenvalue weighted by atomic mass is 35.5. The van der Waals surface area contributed by atoms with Crippen LogP contribution in [0.5, 0.6) is 0 Å². The highest BCUT2D eigenvalue weighted by molar-refractivity contribution is 7.88. The van der Waals surface area contributed by atoms with Gasteiger partial charge in [0, 0.05) is 23.7 Å². The number of nitrogens with one attached hydrogen (secondary N) is 1. The van der Waals surface area contributed by atoms with Crippen molar-refractivity contribution in [3.8, 4) is 6.07 Å². The second-order valence-electron chi connectivity index (χ2n) is 8.26. The summed E-state index contributed by atoms with van der Waals surface area (Å²) in [5, 5.41) is 14.6. The highest BCUT2D eigenvalue weighted by Gasteiger charge is 2.46. The predicted octanol–water partition coefficient (Wildman–Crippen LogP) is 3.85. The Kier molecular flexibility index (Phi) is 5.25. The summed E-state index contributed by atoms with van der Waals surface area (Å²) in [6, 6.07) is 8.89. The van der Waals surface area contributed by atoms with Gasteiger partial charge in [-0.15, -0.1) is 0 Å². The van der Waals surface area contributed by atoms with Crippen molar-refractivity contribution in [1.82, 2.24) is 13.2 Å². The fourth-order valence-electron chi connectivity index (χ4n) is 5.02. The molecule has 166 valence electrons. The average Bonchev–Trinajstić information content (AvgIpc) is 3.23. The van der Waals surface area contributed by atoms with Gasteiger partial charge in [0.05, 0.1) is 28.5 Å². The summed E-state index contributed by atoms with van der Waals surface area (Å²) in [5.74, 6) is 0. The minimum Gasteiger partial charge on any atom is -0.343 e. The molecule has 2 aliphatic heterocycles. The molecule has 0 spiro atoms. The molecule has 2 saturated heterocycles. The highest BCUT2D eigenvalue weighted by Crippen LogP contribution is 2.43. The Labute approximate surface area is 194 Å². The first kappa shape index (κ1) is 21.4. The second-order valence-corrected chi connectivity index (χ2v) is 11.5. The van der Waals surface area contributed by atoms with Gasteiger partial charge >= 0.3 is 0 Å². The van der Waals surface area contributed by atoms with Gasteiger partial charge in [0.1, 0.15) is 11.1 Å². The third-order valence-corrected chi connectivity index (χ3v) is 9.10. The van der Waals surface area contributed by atoms with E-state index in [1.807, 2.05) is 18.2 Å². The zero-order valence-corrected chi connectivity index (χ0v) is 19.5. The van der Waals surface area contributed by atoms with Crippen LogP contribution in [0.15, 0.2) is 35.3 Å². The van der Waals surface area contributed by atoms with Crippen LogP contribution in [0.25, 0.3) is 10.9 Å². The van der Waals surface area contributed by atoms with E-state index < -0.39 is 10.0 Å². The number of nitriles is 1. The molecule has 3 aromatic rings. The molecule has 8 nitrogen and oxygen atoms in total. The standard InChI is InChI=1S/C21H20ClN5O3S2/c1-32(29,30)27-12-4-5-13(27)10-14(9-12)26-21(28)16(11-23)20(31-26)25-19-15-3-2-8-24-18(15)7-6-17(19)22/h2-3,6-8,12-14,25H,4-5,9-10H2,1H3. The first-order valence-electron chi connectivity index (χ1n) is 10.2. The van der Waals surface area contributed by atoms with Crippen molar-refractivity contribution in [2.45, 2.75) is 43.8 Å². The molecule has 2 atom stereocenters. The summed E-state index contributed by atoms with van der Waals surface area (Å²) in [6.07, 6.45) is 5.65. The van der Waals surface area contributed by atoms with Crippen LogP contribution in [0.1, 0.15) is 37.3 Å². The van der Waals surface area contributed by atoms with Crippen molar-refractivity contribution >= 4 is 54.7 Å². The lowest BCUT2D eigenvalue weighted by molar-refractivity contribution is 0.198. The number of nitrogens with zero attached hydrogens (tertiary/aromatic N) is 4. The number of benzene rings is 1. The van der Waals surface area contributed by atoms with Crippen LogP contribution < -0.4 is 10.9 Å². The Morgan fingerprint density at radius 2 is 1.94 bits per heavy atom. The molecule has 0 radical (unpaired) electrons. The third kappa shape index (κ3) is 3.49. The Hall–Kier alpha value is -2.45. The second kappa shape index (κ2) is 7.85. The summed E-state index contributed by atoms with van der Waals surface area (Å²) in [7, 11) is -3.29. The van der Waals surface area contributed by atoms with E-state index in [2.05, 4.69) is 10.3 Å². The fraction of sp³-hybridized carbons (Fsp3) is 0.381. The van der Waals surface area contributed by atoms with E-state index in [0.29, 0.717) is 28.6 Å². The van der Waals surface area contributed by atoms with Crippen LogP contribution in [-0.4, -0.2) is 40.0 Å². The van der Waals surface area contributed by atoms with E-state index in [9.17, 15) is 18.5 Å². The summed E-state index contributed by atoms with van der Waals surface area (Å²) >= 11 is 7.63. The molecule has 0 aliphatic carbocycles. The average molecular weight is 490 g/mol. The molecule has 11 heteroatoms. The van der Waals surface area contributed by atoms with Crippen molar-refractivity contribution in [3.63, 3.8) is 0 Å². The van der Waals surface area contributed by atoms with E-state index in [4.69, 9.17) is 11.6 Å². The van der Waals surface area contributed by atoms with Crippen LogP contribution in [0.2, 0.25) is 5.02 Å². The summed E-state index contributed by atoms with van der Waals surface area (Å²) < 4.78 is 27.6. The van der Waals surface area contributed by atoms with Crippen LogP contribution in [0.3, 0.4) is 0 Å². The number of piperidine rings is 1. The van der Waals surface area contributed by atoms with Crippen LogP contribution in [0, 0.1) is 11.3 Å². The molecule has 0 saturated carbocycles. The molecule has 1 aromatic carbocycles. The van der Waals surface area contributed by atoms with E-state index in [1.165, 1.54) is 17.8 Å². The van der Waals surface area contributed by atoms with E-state index >= 15 is 0 Å². The summed E-state index contributed by atoms with van der Waals surface area (Å²) in [5.41, 5.74) is 1.01. The monoisotopic (exact) mass is 489 g/mol. The molecular weight excluding hydrogens is 470 g/mol. The zero-order valence-electron chi connectivity index (χ0n) is 17.2. The maximum atomic E-state index is 13.1. The number of pyridine rings is 1. The maximum Gasteiger partial charge on any atom is 0.281 e. The van der Waals surface area contributed by atoms with Gasteiger partial charge in [-0.1, -0.05) is 11.6 Å². The van der Waals surface area contributed by atoms with Crippen LogP contribution >= 0.6 is 23.1 Å². The normalized spacial score (nSPS) is 23.3. The maximum absolute atomic E-state index is 13.1. The lowest BCUT2D eigenvalue weighted by Gasteiger charge is -2.37. The van der Waals surface area contributed by atoms with Gasteiger partial charge in [-0.05, 0) is 61.5 Å². The number of hydrogen-bond donors (Lipinski definition) is 1. The van der Waals surface area contributed by atoms with Gasteiger partial charge in [0.2, 0.25) is 10.0 Å². The quantitative estimate of drug-likeness (QED) is 0.596. The fourth-order valence-corrected chi connectivity index (χ4v) is 7.76. The van der Waals surface area contributed by atoms with Gasteiger partial charge < -0.3 is 5.32 Å². The molecule has 1 N–H and O–H groups in total. The zero-order chi connectivity index (χ0) is 22.6. The molecule has 4 heterocycles. The molecule has 5 rings (SSSR count). The first-order chi connectivity index (χ1) is 15.3. The van der Waals surface area contributed by atoms with E-state index in [-0.39, 0.29) is 29.2 Å². The lowest BCUT2D eigenvalue weighted by atomic mass is 10.0. The molecule has 2 aliphatic rings. The SMILES string of the molecule is CS(=O)(=O)N1C2CCC1CC(n1sc(Nc3c(Cl)ccc4ncccc34)c(C#N)c1=O)C2. The van der Waals surface area contributed by atoms with Crippen molar-refractivity contribution in [3.05, 3.63) is 51.4 Å². The number of fused-ring (bicyclic) bond motifs is 3. The summed E-state index contributed by atoms with van der Waals surface area (Å²) in [4.78, 5) is 17.4. The van der Waals surface area contributed by atoms with Gasteiger partial charge in [-0.25, -0.2) is 8.42 Å². The molecule has 2 bridgehead atoms. The number of hydrogen-bond acceptors (Lipinski definition) is 7. The molecule has 0 amide bonds. The Bertz CT molecular complexity index is 1410. The first-order valence-corrected chi connectivity index (χ1v) is 13.2. The Morgan fingerprint density at radius 1 is 1.22 bits per heavy atom. The predicted molar refractivity (Wildman–Crippen MR) is 125 cm³/mol. The molecule has 32 heavy (non-hydrogen) atoms. The van der Waals surface area contributed by atoms with Gasteiger partial charge in [-0.2, -0.15) is 9.57 Å². The Morgan fingerprint density at radius 3 is 2.59 bits per heavy atom. The van der Waals surface area contributed by atoms with E-state index in [1.54, 1.807) is 26.6 Å². The molecular formula is C21H20ClN5O3S2. The minimum atomic E-state index is -3.29. The Balaban J connectivity index is 1.52. The van der Waals surface area contributed by atoms with E-state index in [0.717, 1.165) is 23.7 Å². The number of halogens is 1. The number of rotatable bonds is 4.